The Morgan fingerprint density at radius 2 is 2.00 bits per heavy atom. The molecule has 0 amide bonds. The minimum absolute atomic E-state index is 0.0352. The number of imidazole rings is 1. The van der Waals surface area contributed by atoms with Gasteiger partial charge in [0.1, 0.15) is 0 Å². The molecule has 1 aliphatic rings. The zero-order valence-electron chi connectivity index (χ0n) is 14.0. The van der Waals surface area contributed by atoms with Crippen molar-refractivity contribution in [1.29, 1.82) is 0 Å². The van der Waals surface area contributed by atoms with Crippen molar-refractivity contribution in [2.75, 3.05) is 6.54 Å². The van der Waals surface area contributed by atoms with E-state index in [4.69, 9.17) is 0 Å². The van der Waals surface area contributed by atoms with E-state index in [1.54, 1.807) is 11.6 Å². The highest BCUT2D eigenvalue weighted by Crippen LogP contribution is 2.27. The lowest BCUT2D eigenvalue weighted by Crippen LogP contribution is -2.52. The standard InChI is InChI=1S/C17H23N3O3S/c1-13-5-7-14(8-6-13)10-15-16(21)4-3-9-20(15)24(22,23)17-11-19(2)12-18-17/h5-8,11-12,15-16,21H,3-4,9-10H2,1-2H3/t15-,16-/m0/s1. The second-order valence-corrected chi connectivity index (χ2v) is 8.30. The lowest BCUT2D eigenvalue weighted by Gasteiger charge is -2.37. The van der Waals surface area contributed by atoms with Crippen LogP contribution >= 0.6 is 0 Å². The second-order valence-electron chi connectivity index (χ2n) is 6.46. The van der Waals surface area contributed by atoms with Gasteiger partial charge in [-0.3, -0.25) is 0 Å². The maximum atomic E-state index is 12.9. The van der Waals surface area contributed by atoms with Crippen molar-refractivity contribution in [3.05, 3.63) is 47.9 Å². The number of piperidine rings is 1. The Hall–Kier alpha value is -1.70. The zero-order chi connectivity index (χ0) is 17.3. The highest BCUT2D eigenvalue weighted by molar-refractivity contribution is 7.89. The van der Waals surface area contributed by atoms with Crippen LogP contribution < -0.4 is 0 Å². The van der Waals surface area contributed by atoms with Crippen LogP contribution in [-0.4, -0.2) is 46.1 Å². The highest BCUT2D eigenvalue weighted by Gasteiger charge is 2.39. The fraction of sp³-hybridized carbons (Fsp3) is 0.471. The van der Waals surface area contributed by atoms with Crippen molar-refractivity contribution < 1.29 is 13.5 Å². The SMILES string of the molecule is Cc1ccc(C[C@H]2[C@@H](O)CCCN2S(=O)(=O)c2cn(C)cn2)cc1. The number of aliphatic hydroxyl groups excluding tert-OH is 1. The van der Waals surface area contributed by atoms with Gasteiger partial charge in [0.05, 0.1) is 18.5 Å². The summed E-state index contributed by atoms with van der Waals surface area (Å²) in [6.07, 6.45) is 4.07. The van der Waals surface area contributed by atoms with Crippen molar-refractivity contribution in [2.24, 2.45) is 7.05 Å². The van der Waals surface area contributed by atoms with Crippen molar-refractivity contribution in [3.63, 3.8) is 0 Å². The number of aromatic nitrogens is 2. The molecule has 1 aliphatic heterocycles. The fourth-order valence-electron chi connectivity index (χ4n) is 3.15. The molecule has 3 rings (SSSR count). The van der Waals surface area contributed by atoms with Crippen LogP contribution in [0.4, 0.5) is 0 Å². The van der Waals surface area contributed by atoms with Crippen LogP contribution in [-0.2, 0) is 23.5 Å². The molecule has 0 aliphatic carbocycles. The van der Waals surface area contributed by atoms with Crippen LogP contribution in [0.5, 0.6) is 0 Å². The van der Waals surface area contributed by atoms with E-state index in [0.717, 1.165) is 11.1 Å². The molecule has 1 fully saturated rings. The number of aryl methyl sites for hydroxylation is 2. The Kier molecular flexibility index (Phi) is 4.76. The van der Waals surface area contributed by atoms with E-state index in [1.807, 2.05) is 31.2 Å². The van der Waals surface area contributed by atoms with Crippen LogP contribution in [0.25, 0.3) is 0 Å². The molecule has 130 valence electrons. The number of hydrogen-bond donors (Lipinski definition) is 1. The molecule has 0 saturated carbocycles. The van der Waals surface area contributed by atoms with Crippen LogP contribution in [0.15, 0.2) is 41.8 Å². The van der Waals surface area contributed by atoms with Gasteiger partial charge in [0.2, 0.25) is 0 Å². The molecule has 2 heterocycles. The van der Waals surface area contributed by atoms with Gasteiger partial charge in [-0.25, -0.2) is 13.4 Å². The summed E-state index contributed by atoms with van der Waals surface area (Å²) in [5, 5.41) is 10.5. The molecule has 0 spiro atoms. The molecule has 2 atom stereocenters. The molecule has 2 aromatic rings. The van der Waals surface area contributed by atoms with Gasteiger partial charge in [0.25, 0.3) is 10.0 Å². The first-order valence-corrected chi connectivity index (χ1v) is 9.55. The molecule has 1 aromatic carbocycles. The third-order valence-corrected chi connectivity index (χ3v) is 6.32. The Morgan fingerprint density at radius 1 is 1.29 bits per heavy atom. The molecule has 6 nitrogen and oxygen atoms in total. The van der Waals surface area contributed by atoms with Gasteiger partial charge in [0.15, 0.2) is 5.03 Å². The molecule has 7 heteroatoms. The minimum Gasteiger partial charge on any atom is -0.391 e. The van der Waals surface area contributed by atoms with E-state index in [1.165, 1.54) is 16.8 Å². The maximum absolute atomic E-state index is 12.9. The van der Waals surface area contributed by atoms with E-state index in [-0.39, 0.29) is 5.03 Å². The van der Waals surface area contributed by atoms with Crippen molar-refractivity contribution in [1.82, 2.24) is 13.9 Å². The second kappa shape index (κ2) is 6.66. The average molecular weight is 349 g/mol. The molecule has 0 unspecified atom stereocenters. The first-order chi connectivity index (χ1) is 11.4. The Balaban J connectivity index is 1.90. The van der Waals surface area contributed by atoms with Gasteiger partial charge >= 0.3 is 0 Å². The Labute approximate surface area is 142 Å². The summed E-state index contributed by atoms with van der Waals surface area (Å²) < 4.78 is 28.9. The summed E-state index contributed by atoms with van der Waals surface area (Å²) >= 11 is 0. The van der Waals surface area contributed by atoms with Gasteiger partial charge in [-0.1, -0.05) is 29.8 Å². The van der Waals surface area contributed by atoms with Crippen LogP contribution in [0.2, 0.25) is 0 Å². The average Bonchev–Trinajstić information content (AvgIpc) is 2.98. The first kappa shape index (κ1) is 17.1. The predicted molar refractivity (Wildman–Crippen MR) is 91.0 cm³/mol. The molecule has 1 aromatic heterocycles. The maximum Gasteiger partial charge on any atom is 0.262 e. The fourth-order valence-corrected chi connectivity index (χ4v) is 4.81. The molecule has 0 radical (unpaired) electrons. The number of sulfonamides is 1. The van der Waals surface area contributed by atoms with E-state index in [9.17, 15) is 13.5 Å². The topological polar surface area (TPSA) is 75.4 Å². The third-order valence-electron chi connectivity index (χ3n) is 4.51. The Morgan fingerprint density at radius 3 is 2.62 bits per heavy atom. The van der Waals surface area contributed by atoms with Crippen LogP contribution in [0.3, 0.4) is 0 Å². The van der Waals surface area contributed by atoms with Gasteiger partial charge in [0, 0.05) is 19.8 Å². The van der Waals surface area contributed by atoms with Gasteiger partial charge < -0.3 is 9.67 Å². The summed E-state index contributed by atoms with van der Waals surface area (Å²) in [7, 11) is -1.97. The van der Waals surface area contributed by atoms with Gasteiger partial charge in [-0.15, -0.1) is 0 Å². The van der Waals surface area contributed by atoms with Crippen LogP contribution in [0, 0.1) is 6.92 Å². The first-order valence-electron chi connectivity index (χ1n) is 8.11. The van der Waals surface area contributed by atoms with Crippen LogP contribution in [0.1, 0.15) is 24.0 Å². The molecule has 0 bridgehead atoms. The molecule has 1 saturated heterocycles. The van der Waals surface area contributed by atoms with E-state index in [0.29, 0.717) is 25.8 Å². The molecular formula is C17H23N3O3S. The summed E-state index contributed by atoms with van der Waals surface area (Å²) in [4.78, 5) is 3.99. The normalized spacial score (nSPS) is 22.6. The van der Waals surface area contributed by atoms with Crippen molar-refractivity contribution in [2.45, 2.75) is 43.4 Å². The summed E-state index contributed by atoms with van der Waals surface area (Å²) in [6.45, 7) is 2.42. The van der Waals surface area contributed by atoms with Crippen molar-refractivity contribution >= 4 is 10.0 Å². The molecular weight excluding hydrogens is 326 g/mol. The number of hydrogen-bond acceptors (Lipinski definition) is 4. The van der Waals surface area contributed by atoms with Crippen molar-refractivity contribution in [3.8, 4) is 0 Å². The monoisotopic (exact) mass is 349 g/mol. The quantitative estimate of drug-likeness (QED) is 0.907. The van der Waals surface area contributed by atoms with E-state index < -0.39 is 22.2 Å². The zero-order valence-corrected chi connectivity index (χ0v) is 14.8. The smallest absolute Gasteiger partial charge is 0.262 e. The number of benzene rings is 1. The largest absolute Gasteiger partial charge is 0.391 e. The molecule has 1 N–H and O–H groups in total. The number of rotatable bonds is 4. The molecule has 24 heavy (non-hydrogen) atoms. The van der Waals surface area contributed by atoms with Gasteiger partial charge in [-0.05, 0) is 31.7 Å². The lowest BCUT2D eigenvalue weighted by atomic mass is 9.95. The van der Waals surface area contributed by atoms with E-state index >= 15 is 0 Å². The third kappa shape index (κ3) is 3.38. The predicted octanol–water partition coefficient (Wildman–Crippen LogP) is 1.49. The Bertz CT molecular complexity index is 799. The summed E-state index contributed by atoms with van der Waals surface area (Å²) in [5.41, 5.74) is 2.17. The lowest BCUT2D eigenvalue weighted by molar-refractivity contribution is 0.0525. The summed E-state index contributed by atoms with van der Waals surface area (Å²) in [6, 6.07) is 7.52. The number of nitrogens with zero attached hydrogens (tertiary/aromatic N) is 3. The van der Waals surface area contributed by atoms with Gasteiger partial charge in [-0.2, -0.15) is 4.31 Å². The number of aliphatic hydroxyl groups is 1. The van der Waals surface area contributed by atoms with E-state index in [2.05, 4.69) is 4.98 Å². The minimum atomic E-state index is -3.71. The highest BCUT2D eigenvalue weighted by atomic mass is 32.2. The summed E-state index contributed by atoms with van der Waals surface area (Å²) in [5.74, 6) is 0.